The average molecular weight is 1370 g/mol. The van der Waals surface area contributed by atoms with Gasteiger partial charge in [-0.05, 0) is 51.4 Å². The first kappa shape index (κ1) is 88.2. The molecule has 0 aromatic heterocycles. The number of ether oxygens (including phenoxy) is 6. The molecule has 19 nitrogen and oxygen atoms in total. The maximum Gasteiger partial charge on any atom is 0.220 e. The highest BCUT2D eigenvalue weighted by molar-refractivity contribution is 5.76. The van der Waals surface area contributed by atoms with Crippen molar-refractivity contribution in [1.29, 1.82) is 0 Å². The quantitative estimate of drug-likeness (QED) is 0.0199. The summed E-state index contributed by atoms with van der Waals surface area (Å²) in [6.07, 6.45) is 44.1. The van der Waals surface area contributed by atoms with Gasteiger partial charge in [-0.15, -0.1) is 0 Å². The molecule has 564 valence electrons. The van der Waals surface area contributed by atoms with Gasteiger partial charge in [-0.3, -0.25) is 4.79 Å². The molecular formula is C77H143NO18. The number of carbonyl (C=O) groups excluding carboxylic acids is 1. The van der Waals surface area contributed by atoms with Crippen LogP contribution in [0.3, 0.4) is 0 Å². The van der Waals surface area contributed by atoms with E-state index in [4.69, 9.17) is 28.4 Å². The molecule has 17 atom stereocenters. The van der Waals surface area contributed by atoms with E-state index < -0.39 is 124 Å². The Morgan fingerprint density at radius 2 is 0.688 bits per heavy atom. The van der Waals surface area contributed by atoms with Gasteiger partial charge in [-0.2, -0.15) is 0 Å². The summed E-state index contributed by atoms with van der Waals surface area (Å²) in [5.74, 6) is -0.274. The highest BCUT2D eigenvalue weighted by Gasteiger charge is 2.53. The van der Waals surface area contributed by atoms with Crippen molar-refractivity contribution in [3.63, 3.8) is 0 Å². The van der Waals surface area contributed by atoms with Crippen LogP contribution in [0.2, 0.25) is 0 Å². The lowest BCUT2D eigenvalue weighted by atomic mass is 9.96. The van der Waals surface area contributed by atoms with Crippen molar-refractivity contribution in [3.05, 3.63) is 36.5 Å². The molecule has 0 radical (unpaired) electrons. The third-order valence-electron chi connectivity index (χ3n) is 19.7. The number of rotatable bonds is 62. The summed E-state index contributed by atoms with van der Waals surface area (Å²) in [5, 5.41) is 121. The van der Waals surface area contributed by atoms with Crippen molar-refractivity contribution in [2.24, 2.45) is 0 Å². The Kier molecular flexibility index (Phi) is 53.8. The van der Waals surface area contributed by atoms with Crippen molar-refractivity contribution >= 4 is 5.91 Å². The van der Waals surface area contributed by atoms with E-state index in [2.05, 4.69) is 43.5 Å². The third-order valence-corrected chi connectivity index (χ3v) is 19.7. The number of hydrogen-bond acceptors (Lipinski definition) is 18. The molecule has 0 aliphatic carbocycles. The van der Waals surface area contributed by atoms with Crippen LogP contribution in [0.5, 0.6) is 0 Å². The Bertz CT molecular complexity index is 1880. The van der Waals surface area contributed by atoms with E-state index >= 15 is 0 Å². The third kappa shape index (κ3) is 38.9. The van der Waals surface area contributed by atoms with Crippen molar-refractivity contribution in [2.75, 3.05) is 26.4 Å². The van der Waals surface area contributed by atoms with E-state index in [9.17, 15) is 61.0 Å². The number of unbranched alkanes of at least 4 members (excludes halogenated alkanes) is 42. The largest absolute Gasteiger partial charge is 0.394 e. The molecule has 3 aliphatic heterocycles. The van der Waals surface area contributed by atoms with E-state index in [1.807, 2.05) is 6.08 Å². The first-order valence-electron chi connectivity index (χ1n) is 39.2. The molecule has 3 aliphatic rings. The maximum atomic E-state index is 13.5. The van der Waals surface area contributed by atoms with Gasteiger partial charge in [-0.25, -0.2) is 0 Å². The van der Waals surface area contributed by atoms with Gasteiger partial charge in [0.2, 0.25) is 5.91 Å². The summed E-state index contributed by atoms with van der Waals surface area (Å²) in [6, 6.07) is -0.976. The summed E-state index contributed by atoms with van der Waals surface area (Å²) >= 11 is 0. The monoisotopic (exact) mass is 1370 g/mol. The van der Waals surface area contributed by atoms with Gasteiger partial charge in [0.25, 0.3) is 0 Å². The maximum absolute atomic E-state index is 13.5. The van der Waals surface area contributed by atoms with Crippen molar-refractivity contribution in [3.8, 4) is 0 Å². The number of nitrogens with one attached hydrogen (secondary N) is 1. The lowest BCUT2D eigenvalue weighted by molar-refractivity contribution is -0.379. The molecule has 3 rings (SSSR count). The summed E-state index contributed by atoms with van der Waals surface area (Å²) in [6.45, 7) is 1.77. The van der Waals surface area contributed by atoms with E-state index in [-0.39, 0.29) is 18.9 Å². The number of allylic oxidation sites excluding steroid dienone is 5. The second kappa shape index (κ2) is 58.5. The lowest BCUT2D eigenvalue weighted by Crippen LogP contribution is -2.66. The predicted octanol–water partition coefficient (Wildman–Crippen LogP) is 12.3. The Balaban J connectivity index is 1.39. The molecule has 0 bridgehead atoms. The second-order valence-electron chi connectivity index (χ2n) is 28.2. The van der Waals surface area contributed by atoms with E-state index in [1.54, 1.807) is 6.08 Å². The summed E-state index contributed by atoms with van der Waals surface area (Å²) in [5.41, 5.74) is 0. The van der Waals surface area contributed by atoms with Crippen molar-refractivity contribution in [2.45, 2.75) is 420 Å². The zero-order chi connectivity index (χ0) is 69.6. The molecule has 0 aromatic rings. The molecule has 3 fully saturated rings. The summed E-state index contributed by atoms with van der Waals surface area (Å²) < 4.78 is 34.4. The minimum absolute atomic E-state index is 0.242. The number of aliphatic hydroxyl groups is 11. The molecule has 3 saturated heterocycles. The normalized spacial score (nSPS) is 27.2. The summed E-state index contributed by atoms with van der Waals surface area (Å²) in [4.78, 5) is 13.5. The predicted molar refractivity (Wildman–Crippen MR) is 379 cm³/mol. The number of hydrogen-bond donors (Lipinski definition) is 12. The van der Waals surface area contributed by atoms with Crippen LogP contribution in [0.15, 0.2) is 36.5 Å². The Morgan fingerprint density at radius 1 is 0.375 bits per heavy atom. The van der Waals surface area contributed by atoms with Crippen LogP contribution in [0.1, 0.15) is 316 Å². The minimum atomic E-state index is -1.98. The van der Waals surface area contributed by atoms with Crippen LogP contribution >= 0.6 is 0 Å². The van der Waals surface area contributed by atoms with Crippen LogP contribution in [-0.2, 0) is 33.2 Å². The molecule has 96 heavy (non-hydrogen) atoms. The highest BCUT2D eigenvalue weighted by atomic mass is 16.8. The van der Waals surface area contributed by atoms with Gasteiger partial charge < -0.3 is 89.9 Å². The van der Waals surface area contributed by atoms with Gasteiger partial charge >= 0.3 is 0 Å². The standard InChI is InChI=1S/C77H143NO18/c1-3-5-7-9-11-13-15-17-19-21-23-25-27-28-29-30-31-33-34-36-38-40-42-44-46-48-50-52-54-61(82)60(78-65(83)55-53-51-49-47-45-43-41-39-37-35-32-26-24-22-20-18-16-14-12-10-8-6-4-2)59-91-75-71(89)68(86)73(63(57-80)93-75)96-77-72(90)69(87)74(64(58-81)94-77)95-76-70(88)67(85)66(84)62(56-79)92-76/h16,18,22,24,52,54,60-64,66-77,79-82,84-90H,3-15,17,19-21,23,25-51,53,55-59H2,1-2H3,(H,78,83)/b18-16-,24-22-,54-52+. The molecule has 1 amide bonds. The fourth-order valence-electron chi connectivity index (χ4n) is 13.3. The molecule has 0 spiro atoms. The van der Waals surface area contributed by atoms with Crippen LogP contribution < -0.4 is 5.32 Å². The van der Waals surface area contributed by atoms with Crippen LogP contribution in [0.25, 0.3) is 0 Å². The fraction of sp³-hybridized carbons (Fsp3) is 0.909. The lowest BCUT2D eigenvalue weighted by Gasteiger charge is -2.48. The van der Waals surface area contributed by atoms with Crippen LogP contribution in [-0.4, -0.2) is 193 Å². The van der Waals surface area contributed by atoms with E-state index in [1.165, 1.54) is 231 Å². The molecule has 0 aromatic carbocycles. The summed E-state index contributed by atoms with van der Waals surface area (Å²) in [7, 11) is 0. The fourth-order valence-corrected chi connectivity index (χ4v) is 13.3. The van der Waals surface area contributed by atoms with E-state index in [0.29, 0.717) is 6.42 Å². The Labute approximate surface area is 581 Å². The highest BCUT2D eigenvalue weighted by Crippen LogP contribution is 2.33. The molecule has 19 heteroatoms. The Morgan fingerprint density at radius 3 is 1.06 bits per heavy atom. The second-order valence-corrected chi connectivity index (χ2v) is 28.2. The van der Waals surface area contributed by atoms with Gasteiger partial charge in [-0.1, -0.05) is 294 Å². The van der Waals surface area contributed by atoms with Gasteiger partial charge in [0.1, 0.15) is 73.2 Å². The molecule has 0 saturated carbocycles. The molecule has 17 unspecified atom stereocenters. The first-order chi connectivity index (χ1) is 46.8. The first-order valence-corrected chi connectivity index (χ1v) is 39.2. The molecule has 12 N–H and O–H groups in total. The SMILES string of the molecule is CCCCCCC/C=C\C/C=C\CCCCCCCCCCCCCC(=O)NC(COC1OC(CO)C(OC2OC(CO)C(OC3OC(CO)C(O)C(O)C3O)C(O)C2O)C(O)C1O)C(O)/C=C/CCCCCCCCCCCCCCCCCCCCCCCCCCCC. The van der Waals surface area contributed by atoms with Gasteiger partial charge in [0.05, 0.1) is 38.6 Å². The molecular weight excluding hydrogens is 1230 g/mol. The van der Waals surface area contributed by atoms with Crippen LogP contribution in [0, 0.1) is 0 Å². The van der Waals surface area contributed by atoms with Crippen molar-refractivity contribution in [1.82, 2.24) is 5.32 Å². The number of amides is 1. The zero-order valence-electron chi connectivity index (χ0n) is 60.1. The van der Waals surface area contributed by atoms with Gasteiger partial charge in [0.15, 0.2) is 18.9 Å². The molecule has 3 heterocycles. The number of aliphatic hydroxyl groups excluding tert-OH is 11. The van der Waals surface area contributed by atoms with Gasteiger partial charge in [0, 0.05) is 6.42 Å². The van der Waals surface area contributed by atoms with E-state index in [0.717, 1.165) is 57.8 Å². The van der Waals surface area contributed by atoms with Crippen LogP contribution in [0.4, 0.5) is 0 Å². The Hall–Kier alpha value is -1.99. The number of carbonyl (C=O) groups is 1. The zero-order valence-corrected chi connectivity index (χ0v) is 60.1. The average Bonchev–Trinajstić information content (AvgIpc) is 0.788. The smallest absolute Gasteiger partial charge is 0.220 e. The van der Waals surface area contributed by atoms with Crippen molar-refractivity contribution < 1.29 is 89.4 Å². The topological polar surface area (TPSA) is 307 Å². The minimum Gasteiger partial charge on any atom is -0.394 e.